The molecule has 0 saturated carbocycles. The second-order valence-corrected chi connectivity index (χ2v) is 9.14. The van der Waals surface area contributed by atoms with Gasteiger partial charge in [0, 0.05) is 34.6 Å². The number of rotatable bonds is 10. The fourth-order valence-electron chi connectivity index (χ4n) is 3.29. The lowest BCUT2D eigenvalue weighted by molar-refractivity contribution is -0.140. The number of aromatic nitrogens is 1. The third-order valence-corrected chi connectivity index (χ3v) is 6.30. The van der Waals surface area contributed by atoms with Gasteiger partial charge in [-0.15, -0.1) is 17.9 Å². The number of aliphatic carboxylic acids is 1. The molecule has 0 bridgehead atoms. The summed E-state index contributed by atoms with van der Waals surface area (Å²) >= 11 is 7.84. The molecule has 0 aliphatic rings. The molecule has 1 unspecified atom stereocenters. The van der Waals surface area contributed by atoms with Gasteiger partial charge in [0.2, 0.25) is 0 Å². The second-order valence-electron chi connectivity index (χ2n) is 7.89. The summed E-state index contributed by atoms with van der Waals surface area (Å²) in [5, 5.41) is 15.3. The van der Waals surface area contributed by atoms with Crippen molar-refractivity contribution in [3.63, 3.8) is 0 Å². The van der Waals surface area contributed by atoms with Crippen molar-refractivity contribution < 1.29 is 14.7 Å². The van der Waals surface area contributed by atoms with Crippen LogP contribution in [0.2, 0.25) is 5.02 Å². The second kappa shape index (κ2) is 11.1. The average molecular weight is 484 g/mol. The van der Waals surface area contributed by atoms with E-state index in [0.29, 0.717) is 23.7 Å². The SMILES string of the molecule is C=CCN(Cc1ccc(C(=O)NC(C(=O)O)C(C)C)cc1)c1nc(-c2ccccc2Cl)cs1. The minimum Gasteiger partial charge on any atom is -0.480 e. The molecule has 1 heterocycles. The molecule has 0 aliphatic carbocycles. The molecule has 0 saturated heterocycles. The predicted molar refractivity (Wildman–Crippen MR) is 134 cm³/mol. The predicted octanol–water partition coefficient (Wildman–Crippen LogP) is 5.50. The molecule has 0 spiro atoms. The van der Waals surface area contributed by atoms with Gasteiger partial charge in [-0.3, -0.25) is 4.79 Å². The smallest absolute Gasteiger partial charge is 0.326 e. The van der Waals surface area contributed by atoms with Crippen LogP contribution in [0.5, 0.6) is 0 Å². The fourth-order valence-corrected chi connectivity index (χ4v) is 4.36. The number of nitrogens with zero attached hydrogens (tertiary/aromatic N) is 2. The molecule has 1 aromatic heterocycles. The van der Waals surface area contributed by atoms with E-state index in [1.54, 1.807) is 26.0 Å². The number of carboxylic acids is 1. The topological polar surface area (TPSA) is 82.5 Å². The van der Waals surface area contributed by atoms with E-state index >= 15 is 0 Å². The summed E-state index contributed by atoms with van der Waals surface area (Å²) in [6, 6.07) is 13.8. The molecule has 8 heteroatoms. The van der Waals surface area contributed by atoms with Crippen LogP contribution in [0.25, 0.3) is 11.3 Å². The van der Waals surface area contributed by atoms with Gasteiger partial charge in [0.1, 0.15) is 6.04 Å². The summed E-state index contributed by atoms with van der Waals surface area (Å²) in [5.74, 6) is -1.67. The number of benzene rings is 2. The highest BCUT2D eigenvalue weighted by Crippen LogP contribution is 2.32. The minimum atomic E-state index is -1.05. The summed E-state index contributed by atoms with van der Waals surface area (Å²) in [6.45, 7) is 8.55. The van der Waals surface area contributed by atoms with E-state index in [1.807, 2.05) is 47.9 Å². The van der Waals surface area contributed by atoms with Crippen LogP contribution in [0.1, 0.15) is 29.8 Å². The molecule has 2 N–H and O–H groups in total. The molecule has 3 aromatic rings. The summed E-state index contributed by atoms with van der Waals surface area (Å²) in [4.78, 5) is 30.7. The van der Waals surface area contributed by atoms with Crippen molar-refractivity contribution in [3.8, 4) is 11.3 Å². The molecular weight excluding hydrogens is 458 g/mol. The molecule has 6 nitrogen and oxygen atoms in total. The monoisotopic (exact) mass is 483 g/mol. The molecule has 172 valence electrons. The number of thiazole rings is 1. The molecule has 2 aromatic carbocycles. The van der Waals surface area contributed by atoms with Crippen molar-refractivity contribution in [1.82, 2.24) is 10.3 Å². The lowest BCUT2D eigenvalue weighted by Crippen LogP contribution is -2.44. The quantitative estimate of drug-likeness (QED) is 0.372. The van der Waals surface area contributed by atoms with Gasteiger partial charge >= 0.3 is 5.97 Å². The highest BCUT2D eigenvalue weighted by atomic mass is 35.5. The molecule has 0 aliphatic heterocycles. The van der Waals surface area contributed by atoms with Gasteiger partial charge in [0.15, 0.2) is 5.13 Å². The van der Waals surface area contributed by atoms with Crippen LogP contribution in [0, 0.1) is 5.92 Å². The Bertz CT molecular complexity index is 1130. The van der Waals surface area contributed by atoms with Gasteiger partial charge < -0.3 is 15.3 Å². The van der Waals surface area contributed by atoms with Crippen LogP contribution in [0.4, 0.5) is 5.13 Å². The van der Waals surface area contributed by atoms with Gasteiger partial charge in [0.25, 0.3) is 5.91 Å². The van der Waals surface area contributed by atoms with Crippen LogP contribution in [-0.2, 0) is 11.3 Å². The maximum absolute atomic E-state index is 12.5. The van der Waals surface area contributed by atoms with Gasteiger partial charge in [-0.1, -0.05) is 61.9 Å². The first-order valence-corrected chi connectivity index (χ1v) is 11.7. The highest BCUT2D eigenvalue weighted by Gasteiger charge is 2.24. The van der Waals surface area contributed by atoms with Gasteiger partial charge in [-0.2, -0.15) is 0 Å². The van der Waals surface area contributed by atoms with E-state index in [2.05, 4.69) is 16.8 Å². The van der Waals surface area contributed by atoms with Crippen molar-refractivity contribution in [2.45, 2.75) is 26.4 Å². The van der Waals surface area contributed by atoms with Crippen LogP contribution in [-0.4, -0.2) is 34.6 Å². The molecule has 1 amide bonds. The Morgan fingerprint density at radius 3 is 2.52 bits per heavy atom. The molecule has 0 radical (unpaired) electrons. The zero-order chi connectivity index (χ0) is 24.0. The summed E-state index contributed by atoms with van der Waals surface area (Å²) in [5.41, 5.74) is 3.11. The van der Waals surface area contributed by atoms with Crippen molar-refractivity contribution in [1.29, 1.82) is 0 Å². The maximum Gasteiger partial charge on any atom is 0.326 e. The standard InChI is InChI=1S/C25H26ClN3O3S/c1-4-13-29(25-27-21(15-33-25)19-7-5-6-8-20(19)26)14-17-9-11-18(12-10-17)23(30)28-22(16(2)3)24(31)32/h4-12,15-16,22H,1,13-14H2,2-3H3,(H,28,30)(H,31,32). The summed E-state index contributed by atoms with van der Waals surface area (Å²) < 4.78 is 0. The first kappa shape index (κ1) is 24.5. The summed E-state index contributed by atoms with van der Waals surface area (Å²) in [6.07, 6.45) is 1.82. The Kier molecular flexibility index (Phi) is 8.25. The number of halogens is 1. The van der Waals surface area contributed by atoms with Crippen LogP contribution >= 0.6 is 22.9 Å². The average Bonchev–Trinajstić information content (AvgIpc) is 3.27. The number of carbonyl (C=O) groups excluding carboxylic acids is 1. The molecular formula is C25H26ClN3O3S. The Balaban J connectivity index is 1.73. The minimum absolute atomic E-state index is 0.216. The largest absolute Gasteiger partial charge is 0.480 e. The van der Waals surface area contributed by atoms with E-state index in [-0.39, 0.29) is 5.92 Å². The molecule has 33 heavy (non-hydrogen) atoms. The Morgan fingerprint density at radius 2 is 1.91 bits per heavy atom. The number of carboxylic acid groups (broad SMARTS) is 1. The first-order chi connectivity index (χ1) is 15.8. The molecule has 1 atom stereocenters. The van der Waals surface area contributed by atoms with Crippen molar-refractivity contribution in [2.75, 3.05) is 11.4 Å². The van der Waals surface area contributed by atoms with E-state index in [9.17, 15) is 14.7 Å². The normalized spacial score (nSPS) is 11.8. The Morgan fingerprint density at radius 1 is 1.21 bits per heavy atom. The summed E-state index contributed by atoms with van der Waals surface area (Å²) in [7, 11) is 0. The molecule has 3 rings (SSSR count). The maximum atomic E-state index is 12.5. The highest BCUT2D eigenvalue weighted by molar-refractivity contribution is 7.14. The molecule has 0 fully saturated rings. The number of amides is 1. The van der Waals surface area contributed by atoms with E-state index < -0.39 is 17.9 Å². The fraction of sp³-hybridized carbons (Fsp3) is 0.240. The van der Waals surface area contributed by atoms with E-state index in [1.165, 1.54) is 11.3 Å². The Hall–Kier alpha value is -3.16. The number of hydrogen-bond donors (Lipinski definition) is 2. The number of anilines is 1. The third-order valence-electron chi connectivity index (χ3n) is 5.07. The van der Waals surface area contributed by atoms with Gasteiger partial charge in [-0.05, 0) is 29.7 Å². The van der Waals surface area contributed by atoms with Crippen LogP contribution < -0.4 is 10.2 Å². The van der Waals surface area contributed by atoms with Crippen molar-refractivity contribution in [3.05, 3.63) is 82.7 Å². The van der Waals surface area contributed by atoms with E-state index in [0.717, 1.165) is 22.0 Å². The van der Waals surface area contributed by atoms with E-state index in [4.69, 9.17) is 16.6 Å². The lowest BCUT2D eigenvalue weighted by atomic mass is 10.0. The Labute approximate surface area is 202 Å². The number of carbonyl (C=O) groups is 2. The van der Waals surface area contributed by atoms with Crippen molar-refractivity contribution >= 4 is 39.9 Å². The third kappa shape index (κ3) is 6.21. The van der Waals surface area contributed by atoms with Gasteiger partial charge in [-0.25, -0.2) is 9.78 Å². The lowest BCUT2D eigenvalue weighted by Gasteiger charge is -2.20. The number of hydrogen-bond acceptors (Lipinski definition) is 5. The van der Waals surface area contributed by atoms with Crippen LogP contribution in [0.3, 0.4) is 0 Å². The first-order valence-electron chi connectivity index (χ1n) is 10.5. The zero-order valence-corrected chi connectivity index (χ0v) is 20.1. The number of nitrogens with one attached hydrogen (secondary N) is 1. The van der Waals surface area contributed by atoms with Crippen LogP contribution in [0.15, 0.2) is 66.6 Å². The van der Waals surface area contributed by atoms with Gasteiger partial charge in [0.05, 0.1) is 5.69 Å². The van der Waals surface area contributed by atoms with Crippen molar-refractivity contribution in [2.24, 2.45) is 5.92 Å². The zero-order valence-electron chi connectivity index (χ0n) is 18.5.